The van der Waals surface area contributed by atoms with E-state index in [2.05, 4.69) is 27.6 Å². The van der Waals surface area contributed by atoms with Gasteiger partial charge in [0.25, 0.3) is 0 Å². The van der Waals surface area contributed by atoms with Crippen LogP contribution in [0.2, 0.25) is 0 Å². The van der Waals surface area contributed by atoms with Crippen molar-refractivity contribution in [1.29, 1.82) is 0 Å². The number of nitrogens with zero attached hydrogens (tertiary/aromatic N) is 2. The number of aromatic nitrogens is 1. The summed E-state index contributed by atoms with van der Waals surface area (Å²) in [5, 5.41) is 0. The molecule has 0 aliphatic rings. The average Bonchev–Trinajstić information content (AvgIpc) is 2.20. The third kappa shape index (κ3) is 4.14. The van der Waals surface area contributed by atoms with Gasteiger partial charge in [0.1, 0.15) is 3.70 Å². The van der Waals surface area contributed by atoms with Crippen LogP contribution in [0.1, 0.15) is 27.7 Å². The van der Waals surface area contributed by atoms with Crippen LogP contribution in [0, 0.1) is 3.70 Å². The molecule has 17 heavy (non-hydrogen) atoms. The van der Waals surface area contributed by atoms with Gasteiger partial charge in [0.15, 0.2) is 5.75 Å². The predicted octanol–water partition coefficient (Wildman–Crippen LogP) is 3.30. The van der Waals surface area contributed by atoms with Gasteiger partial charge in [-0.15, -0.1) is 0 Å². The van der Waals surface area contributed by atoms with E-state index in [1.807, 2.05) is 27.7 Å². The Bertz CT molecular complexity index is 369. The van der Waals surface area contributed by atoms with Gasteiger partial charge in [-0.2, -0.15) is 0 Å². The van der Waals surface area contributed by atoms with Crippen molar-refractivity contribution in [2.75, 3.05) is 0 Å². The molecule has 0 N–H and O–H groups in total. The zero-order valence-corrected chi connectivity index (χ0v) is 12.6. The average molecular weight is 348 g/mol. The summed E-state index contributed by atoms with van der Waals surface area (Å²) in [5.74, 6) is 0.474. The first-order valence-corrected chi connectivity index (χ1v) is 6.61. The van der Waals surface area contributed by atoms with E-state index in [1.165, 1.54) is 0 Å². The highest BCUT2D eigenvalue weighted by Gasteiger charge is 2.21. The Labute approximate surface area is 116 Å². The molecule has 0 fully saturated rings. The van der Waals surface area contributed by atoms with Crippen LogP contribution in [-0.2, 0) is 0 Å². The van der Waals surface area contributed by atoms with Gasteiger partial charge in [0, 0.05) is 12.1 Å². The molecule has 1 rings (SSSR count). The van der Waals surface area contributed by atoms with Crippen molar-refractivity contribution in [3.63, 3.8) is 0 Å². The summed E-state index contributed by atoms with van der Waals surface area (Å²) >= 11 is 2.10. The Morgan fingerprint density at radius 1 is 1.29 bits per heavy atom. The van der Waals surface area contributed by atoms with Crippen LogP contribution in [0.5, 0.6) is 5.75 Å². The minimum Gasteiger partial charge on any atom is -0.409 e. The number of ether oxygens (including phenoxy) is 1. The minimum atomic E-state index is -0.335. The van der Waals surface area contributed by atoms with Gasteiger partial charge in [-0.05, 0) is 62.4 Å². The largest absolute Gasteiger partial charge is 0.415 e. The third-order valence-corrected chi connectivity index (χ3v) is 2.87. The predicted molar refractivity (Wildman–Crippen MR) is 75.1 cm³/mol. The van der Waals surface area contributed by atoms with Crippen molar-refractivity contribution in [3.8, 4) is 5.75 Å². The van der Waals surface area contributed by atoms with Crippen LogP contribution < -0.4 is 4.74 Å². The second-order valence-corrected chi connectivity index (χ2v) is 5.38. The molecule has 0 saturated heterocycles. The molecule has 1 aromatic rings. The third-order valence-electron chi connectivity index (χ3n) is 2.23. The first-order chi connectivity index (χ1) is 7.91. The minimum absolute atomic E-state index is 0.110. The monoisotopic (exact) mass is 348 g/mol. The number of hydrogen-bond donors (Lipinski definition) is 0. The molecular formula is C12H17IN2O2. The Kier molecular flexibility index (Phi) is 5.17. The van der Waals surface area contributed by atoms with E-state index in [0.717, 1.165) is 3.70 Å². The number of carbonyl (C=O) groups is 1. The molecule has 0 aromatic carbocycles. The molecular weight excluding hydrogens is 331 g/mol. The van der Waals surface area contributed by atoms with Crippen molar-refractivity contribution in [1.82, 2.24) is 9.88 Å². The number of rotatable bonds is 3. The quantitative estimate of drug-likeness (QED) is 0.622. The molecule has 0 atom stereocenters. The van der Waals surface area contributed by atoms with Crippen molar-refractivity contribution in [2.24, 2.45) is 0 Å². The zero-order chi connectivity index (χ0) is 13.0. The maximum atomic E-state index is 12.0. The van der Waals surface area contributed by atoms with Crippen molar-refractivity contribution >= 4 is 28.7 Å². The van der Waals surface area contributed by atoms with Crippen LogP contribution in [0.25, 0.3) is 0 Å². The van der Waals surface area contributed by atoms with Crippen LogP contribution in [-0.4, -0.2) is 28.1 Å². The number of hydrogen-bond acceptors (Lipinski definition) is 3. The standard InChI is InChI=1S/C12H17IN2O2/c1-8(2)15(9(3)4)12(16)17-10-5-6-11(13)14-7-10/h5-9H,1-4H3. The maximum absolute atomic E-state index is 12.0. The fourth-order valence-corrected chi connectivity index (χ4v) is 1.91. The number of halogens is 1. The summed E-state index contributed by atoms with van der Waals surface area (Å²) in [4.78, 5) is 17.7. The lowest BCUT2D eigenvalue weighted by atomic mass is 10.2. The molecule has 94 valence electrons. The molecule has 0 aliphatic heterocycles. The lowest BCUT2D eigenvalue weighted by molar-refractivity contribution is 0.122. The van der Waals surface area contributed by atoms with Gasteiger partial charge in [-0.3, -0.25) is 0 Å². The highest BCUT2D eigenvalue weighted by atomic mass is 127. The lowest BCUT2D eigenvalue weighted by Gasteiger charge is -2.29. The maximum Gasteiger partial charge on any atom is 0.415 e. The van der Waals surface area contributed by atoms with Crippen molar-refractivity contribution in [3.05, 3.63) is 22.0 Å². The SMILES string of the molecule is CC(C)N(C(=O)Oc1ccc(I)nc1)C(C)C. The van der Waals surface area contributed by atoms with E-state index in [4.69, 9.17) is 4.74 Å². The highest BCUT2D eigenvalue weighted by Crippen LogP contribution is 2.14. The van der Waals surface area contributed by atoms with Crippen LogP contribution in [0.3, 0.4) is 0 Å². The van der Waals surface area contributed by atoms with E-state index >= 15 is 0 Å². The Hall–Kier alpha value is -0.850. The molecule has 0 aliphatic carbocycles. The fourth-order valence-electron chi connectivity index (χ4n) is 1.59. The molecule has 0 bridgehead atoms. The van der Waals surface area contributed by atoms with Crippen molar-refractivity contribution < 1.29 is 9.53 Å². The normalized spacial score (nSPS) is 10.8. The van der Waals surface area contributed by atoms with E-state index in [9.17, 15) is 4.79 Å². The molecule has 1 aromatic heterocycles. The van der Waals surface area contributed by atoms with E-state index in [0.29, 0.717) is 5.75 Å². The lowest BCUT2D eigenvalue weighted by Crippen LogP contribution is -2.43. The van der Waals surface area contributed by atoms with Crippen LogP contribution in [0.4, 0.5) is 4.79 Å². The second kappa shape index (κ2) is 6.18. The van der Waals surface area contributed by atoms with Crippen LogP contribution >= 0.6 is 22.6 Å². The molecule has 0 unspecified atom stereocenters. The Morgan fingerprint density at radius 2 is 1.88 bits per heavy atom. The molecule has 0 radical (unpaired) electrons. The van der Waals surface area contributed by atoms with E-state index < -0.39 is 0 Å². The summed E-state index contributed by atoms with van der Waals surface area (Å²) in [6.07, 6.45) is 1.22. The van der Waals surface area contributed by atoms with Crippen molar-refractivity contribution in [2.45, 2.75) is 39.8 Å². The number of amides is 1. The summed E-state index contributed by atoms with van der Waals surface area (Å²) in [5.41, 5.74) is 0. The first-order valence-electron chi connectivity index (χ1n) is 5.53. The molecule has 0 saturated carbocycles. The fraction of sp³-hybridized carbons (Fsp3) is 0.500. The first kappa shape index (κ1) is 14.2. The summed E-state index contributed by atoms with van der Waals surface area (Å²) in [7, 11) is 0. The molecule has 5 heteroatoms. The van der Waals surface area contributed by atoms with Crippen LogP contribution in [0.15, 0.2) is 18.3 Å². The topological polar surface area (TPSA) is 42.4 Å². The highest BCUT2D eigenvalue weighted by molar-refractivity contribution is 14.1. The van der Waals surface area contributed by atoms with Gasteiger partial charge < -0.3 is 9.64 Å². The zero-order valence-electron chi connectivity index (χ0n) is 10.5. The molecule has 1 heterocycles. The summed E-state index contributed by atoms with van der Waals surface area (Å²) in [6.45, 7) is 7.86. The number of pyridine rings is 1. The van der Waals surface area contributed by atoms with E-state index in [-0.39, 0.29) is 18.2 Å². The summed E-state index contributed by atoms with van der Waals surface area (Å²) < 4.78 is 6.14. The smallest absolute Gasteiger partial charge is 0.409 e. The Balaban J connectivity index is 2.73. The molecule has 1 amide bonds. The number of carbonyl (C=O) groups excluding carboxylic acids is 1. The summed E-state index contributed by atoms with van der Waals surface area (Å²) in [6, 6.07) is 3.77. The van der Waals surface area contributed by atoms with Gasteiger partial charge in [-0.1, -0.05) is 0 Å². The van der Waals surface area contributed by atoms with E-state index in [1.54, 1.807) is 23.2 Å². The molecule has 0 spiro atoms. The van der Waals surface area contributed by atoms with Gasteiger partial charge in [-0.25, -0.2) is 9.78 Å². The second-order valence-electron chi connectivity index (χ2n) is 4.28. The van der Waals surface area contributed by atoms with Gasteiger partial charge in [0.2, 0.25) is 0 Å². The van der Waals surface area contributed by atoms with Gasteiger partial charge >= 0.3 is 6.09 Å². The van der Waals surface area contributed by atoms with Gasteiger partial charge in [0.05, 0.1) is 6.20 Å². The Morgan fingerprint density at radius 3 is 2.29 bits per heavy atom. The molecule has 4 nitrogen and oxygen atoms in total.